The highest BCUT2D eigenvalue weighted by Crippen LogP contribution is 2.18. The zero-order valence-electron chi connectivity index (χ0n) is 11.7. The van der Waals surface area contributed by atoms with Crippen LogP contribution in [0.3, 0.4) is 0 Å². The Morgan fingerprint density at radius 3 is 2.76 bits per heavy atom. The Kier molecular flexibility index (Phi) is 3.88. The number of carbonyl (C=O) groups is 1. The van der Waals surface area contributed by atoms with Crippen LogP contribution < -0.4 is 0 Å². The second kappa shape index (κ2) is 5.82. The highest BCUT2D eigenvalue weighted by molar-refractivity contribution is 9.10. The molecule has 3 aromatic rings. The van der Waals surface area contributed by atoms with E-state index in [1.54, 1.807) is 0 Å². The molecule has 4 heteroatoms. The van der Waals surface area contributed by atoms with E-state index in [0.717, 1.165) is 34.9 Å². The predicted molar refractivity (Wildman–Crippen MR) is 86.9 cm³/mol. The Morgan fingerprint density at radius 2 is 2.00 bits per heavy atom. The minimum Gasteiger partial charge on any atom is -0.302 e. The lowest BCUT2D eigenvalue weighted by Gasteiger charge is -2.05. The number of benzene rings is 1. The average Bonchev–Trinajstić information content (AvgIpc) is 2.83. The Morgan fingerprint density at radius 1 is 1.19 bits per heavy atom. The molecule has 2 aromatic heterocycles. The molecular weight excluding hydrogens is 328 g/mol. The maximum Gasteiger partial charge on any atom is 0.170 e. The topological polar surface area (TPSA) is 34.4 Å². The molecule has 0 saturated carbocycles. The monoisotopic (exact) mass is 342 g/mol. The Balaban J connectivity index is 1.95. The summed E-state index contributed by atoms with van der Waals surface area (Å²) in [6.07, 6.45) is 4.50. The van der Waals surface area contributed by atoms with Crippen LogP contribution in [0.4, 0.5) is 0 Å². The van der Waals surface area contributed by atoms with Crippen LogP contribution in [0.15, 0.2) is 47.1 Å². The van der Waals surface area contributed by atoms with Gasteiger partial charge in [-0.15, -0.1) is 0 Å². The van der Waals surface area contributed by atoms with Gasteiger partial charge in [0.1, 0.15) is 11.5 Å². The van der Waals surface area contributed by atoms with Crippen molar-refractivity contribution in [2.45, 2.75) is 19.8 Å². The molecule has 0 fully saturated rings. The number of nitrogens with zero attached hydrogens (tertiary/aromatic N) is 2. The van der Waals surface area contributed by atoms with Crippen molar-refractivity contribution in [1.29, 1.82) is 0 Å². The highest BCUT2D eigenvalue weighted by atomic mass is 79.9. The molecule has 3 nitrogen and oxygen atoms in total. The van der Waals surface area contributed by atoms with Gasteiger partial charge < -0.3 is 4.40 Å². The number of hydrogen-bond acceptors (Lipinski definition) is 2. The van der Waals surface area contributed by atoms with Gasteiger partial charge in [-0.3, -0.25) is 4.79 Å². The summed E-state index contributed by atoms with van der Waals surface area (Å²) in [5.74, 6) is 0.914. The van der Waals surface area contributed by atoms with E-state index in [0.29, 0.717) is 5.69 Å². The molecule has 0 spiro atoms. The summed E-state index contributed by atoms with van der Waals surface area (Å²) in [6, 6.07) is 12.2. The second-order valence-corrected chi connectivity index (χ2v) is 5.98. The van der Waals surface area contributed by atoms with Crippen LogP contribution in [0.2, 0.25) is 0 Å². The van der Waals surface area contributed by atoms with Crippen LogP contribution >= 0.6 is 15.9 Å². The van der Waals surface area contributed by atoms with E-state index in [4.69, 9.17) is 0 Å². The minimum absolute atomic E-state index is 0.502. The standard InChI is InChI=1S/C17H15BrN2O/c1-12-4-2-3-5-13(12)6-9-17-19-15(11-21)16-8-7-14(18)10-20(16)17/h2-5,7-8,10-11H,6,9H2,1H3. The first-order valence-electron chi connectivity index (χ1n) is 6.85. The maximum atomic E-state index is 11.2. The zero-order valence-corrected chi connectivity index (χ0v) is 13.3. The quantitative estimate of drug-likeness (QED) is 0.671. The largest absolute Gasteiger partial charge is 0.302 e. The number of carbonyl (C=O) groups excluding carboxylic acids is 1. The van der Waals surface area contributed by atoms with Gasteiger partial charge in [0.2, 0.25) is 0 Å². The Labute approximate surface area is 131 Å². The van der Waals surface area contributed by atoms with Gasteiger partial charge >= 0.3 is 0 Å². The summed E-state index contributed by atoms with van der Waals surface area (Å²) >= 11 is 3.47. The smallest absolute Gasteiger partial charge is 0.170 e. The number of rotatable bonds is 4. The Hall–Kier alpha value is -1.94. The fraction of sp³-hybridized carbons (Fsp3) is 0.176. The van der Waals surface area contributed by atoms with Gasteiger partial charge in [0.25, 0.3) is 0 Å². The third-order valence-corrected chi connectivity index (χ3v) is 4.16. The van der Waals surface area contributed by atoms with E-state index in [-0.39, 0.29) is 0 Å². The first-order chi connectivity index (χ1) is 10.2. The van der Waals surface area contributed by atoms with Gasteiger partial charge in [-0.1, -0.05) is 24.3 Å². The molecular formula is C17H15BrN2O. The lowest BCUT2D eigenvalue weighted by Crippen LogP contribution is -1.99. The minimum atomic E-state index is 0.502. The molecule has 0 aliphatic heterocycles. The lowest BCUT2D eigenvalue weighted by molar-refractivity contribution is 0.112. The molecule has 106 valence electrons. The number of aldehydes is 1. The van der Waals surface area contributed by atoms with Crippen molar-refractivity contribution in [2.75, 3.05) is 0 Å². The first kappa shape index (κ1) is 14.0. The fourth-order valence-electron chi connectivity index (χ4n) is 2.55. The zero-order chi connectivity index (χ0) is 14.8. The van der Waals surface area contributed by atoms with Gasteiger partial charge in [0.15, 0.2) is 6.29 Å². The second-order valence-electron chi connectivity index (χ2n) is 5.06. The van der Waals surface area contributed by atoms with Crippen LogP contribution in [0, 0.1) is 6.92 Å². The summed E-state index contributed by atoms with van der Waals surface area (Å²) in [5, 5.41) is 0. The maximum absolute atomic E-state index is 11.2. The van der Waals surface area contributed by atoms with Gasteiger partial charge in [-0.25, -0.2) is 4.98 Å². The SMILES string of the molecule is Cc1ccccc1CCc1nc(C=O)c2ccc(Br)cn12. The normalized spacial score (nSPS) is 11.0. The van der Waals surface area contributed by atoms with Crippen molar-refractivity contribution in [3.8, 4) is 0 Å². The molecule has 0 aliphatic rings. The first-order valence-corrected chi connectivity index (χ1v) is 7.64. The van der Waals surface area contributed by atoms with Crippen LogP contribution in [0.25, 0.3) is 5.52 Å². The van der Waals surface area contributed by atoms with Crippen LogP contribution in [-0.2, 0) is 12.8 Å². The number of pyridine rings is 1. The molecule has 0 unspecified atom stereocenters. The molecule has 0 atom stereocenters. The fourth-order valence-corrected chi connectivity index (χ4v) is 2.88. The molecule has 21 heavy (non-hydrogen) atoms. The van der Waals surface area contributed by atoms with Crippen molar-refractivity contribution >= 4 is 27.7 Å². The molecule has 0 amide bonds. The third-order valence-electron chi connectivity index (χ3n) is 3.69. The van der Waals surface area contributed by atoms with Gasteiger partial charge in [-0.05, 0) is 52.5 Å². The van der Waals surface area contributed by atoms with Crippen molar-refractivity contribution in [2.24, 2.45) is 0 Å². The molecule has 0 radical (unpaired) electrons. The van der Waals surface area contributed by atoms with E-state index in [2.05, 4.69) is 46.0 Å². The van der Waals surface area contributed by atoms with Crippen molar-refractivity contribution in [3.63, 3.8) is 0 Å². The van der Waals surface area contributed by atoms with Crippen molar-refractivity contribution in [1.82, 2.24) is 9.38 Å². The molecule has 0 aliphatic carbocycles. The summed E-state index contributed by atoms with van der Waals surface area (Å²) in [7, 11) is 0. The summed E-state index contributed by atoms with van der Waals surface area (Å²) in [6.45, 7) is 2.12. The van der Waals surface area contributed by atoms with Gasteiger partial charge in [0, 0.05) is 17.1 Å². The predicted octanol–water partition coefficient (Wildman–Crippen LogP) is 4.00. The summed E-state index contributed by atoms with van der Waals surface area (Å²) < 4.78 is 2.97. The number of fused-ring (bicyclic) bond motifs is 1. The van der Waals surface area contributed by atoms with E-state index in [1.807, 2.05) is 28.8 Å². The average molecular weight is 343 g/mol. The van der Waals surface area contributed by atoms with Crippen LogP contribution in [0.5, 0.6) is 0 Å². The Bertz CT molecular complexity index is 808. The third kappa shape index (κ3) is 2.76. The molecule has 3 rings (SSSR count). The van der Waals surface area contributed by atoms with E-state index < -0.39 is 0 Å². The lowest BCUT2D eigenvalue weighted by atomic mass is 10.0. The van der Waals surface area contributed by atoms with Crippen molar-refractivity contribution < 1.29 is 4.79 Å². The number of aromatic nitrogens is 2. The molecule has 0 N–H and O–H groups in total. The van der Waals surface area contributed by atoms with Crippen molar-refractivity contribution in [3.05, 3.63) is 69.7 Å². The van der Waals surface area contributed by atoms with E-state index in [9.17, 15) is 4.79 Å². The van der Waals surface area contributed by atoms with E-state index in [1.165, 1.54) is 11.1 Å². The number of imidazole rings is 1. The van der Waals surface area contributed by atoms with E-state index >= 15 is 0 Å². The van der Waals surface area contributed by atoms with Gasteiger partial charge in [-0.2, -0.15) is 0 Å². The number of aryl methyl sites for hydroxylation is 3. The van der Waals surface area contributed by atoms with Gasteiger partial charge in [0.05, 0.1) is 5.52 Å². The molecule has 0 saturated heterocycles. The number of hydrogen-bond donors (Lipinski definition) is 0. The summed E-state index contributed by atoms with van der Waals surface area (Å²) in [5.41, 5.74) is 3.96. The number of halogens is 1. The molecule has 0 bridgehead atoms. The summed E-state index contributed by atoms with van der Waals surface area (Å²) in [4.78, 5) is 15.6. The molecule has 1 aromatic carbocycles. The van der Waals surface area contributed by atoms with Crippen LogP contribution in [0.1, 0.15) is 27.4 Å². The molecule has 2 heterocycles. The van der Waals surface area contributed by atoms with Crippen LogP contribution in [-0.4, -0.2) is 15.7 Å². The highest BCUT2D eigenvalue weighted by Gasteiger charge is 2.11.